The van der Waals surface area contributed by atoms with E-state index < -0.39 is 11.2 Å². The van der Waals surface area contributed by atoms with Crippen LogP contribution in [-0.2, 0) is 0 Å². The second-order valence-electron chi connectivity index (χ2n) is 4.87. The van der Waals surface area contributed by atoms with Crippen LogP contribution in [0, 0.1) is 5.92 Å². The second-order valence-corrected chi connectivity index (χ2v) is 4.87. The van der Waals surface area contributed by atoms with E-state index in [0.717, 1.165) is 12.0 Å². The van der Waals surface area contributed by atoms with Gasteiger partial charge in [0.15, 0.2) is 0 Å². The van der Waals surface area contributed by atoms with E-state index in [2.05, 4.69) is 27.1 Å². The number of hydrogen-bond donors (Lipinski definition) is 2. The van der Waals surface area contributed by atoms with Gasteiger partial charge < -0.3 is 4.98 Å². The monoisotopic (exact) mass is 258 g/mol. The van der Waals surface area contributed by atoms with Crippen LogP contribution < -0.4 is 11.2 Å². The molecule has 0 amide bonds. The molecule has 0 bridgehead atoms. The van der Waals surface area contributed by atoms with Gasteiger partial charge in [0, 0.05) is 6.20 Å². The van der Waals surface area contributed by atoms with Crippen molar-refractivity contribution in [1.82, 2.24) is 20.2 Å². The molecule has 0 spiro atoms. The molecule has 6 heteroatoms. The van der Waals surface area contributed by atoms with Crippen LogP contribution in [0.3, 0.4) is 0 Å². The molecule has 2 N–H and O–H groups in total. The SMILES string of the molecule is CC[C@H]1C[C@@H]1c1cnnc(-c2c[nH]c(=O)[nH]c2=O)c1. The van der Waals surface area contributed by atoms with Gasteiger partial charge in [0.2, 0.25) is 0 Å². The first-order chi connectivity index (χ1) is 9.19. The highest BCUT2D eigenvalue weighted by atomic mass is 16.2. The Bertz CT molecular complexity index is 719. The molecule has 2 aromatic heterocycles. The summed E-state index contributed by atoms with van der Waals surface area (Å²) < 4.78 is 0. The number of nitrogens with one attached hydrogen (secondary N) is 2. The van der Waals surface area contributed by atoms with E-state index in [1.165, 1.54) is 12.6 Å². The predicted molar refractivity (Wildman–Crippen MR) is 69.8 cm³/mol. The van der Waals surface area contributed by atoms with Crippen molar-refractivity contribution in [3.63, 3.8) is 0 Å². The molecule has 0 aliphatic heterocycles. The number of hydrogen-bond acceptors (Lipinski definition) is 4. The Labute approximate surface area is 108 Å². The minimum atomic E-state index is -0.522. The Balaban J connectivity index is 1.99. The lowest BCUT2D eigenvalue weighted by molar-refractivity contribution is 0.762. The Kier molecular flexibility index (Phi) is 2.77. The largest absolute Gasteiger partial charge is 0.325 e. The molecular formula is C13H14N4O2. The maximum Gasteiger partial charge on any atom is 0.325 e. The molecule has 1 aliphatic rings. The lowest BCUT2D eigenvalue weighted by Gasteiger charge is -2.02. The van der Waals surface area contributed by atoms with E-state index in [1.54, 1.807) is 6.20 Å². The molecule has 2 aromatic rings. The van der Waals surface area contributed by atoms with E-state index in [4.69, 9.17) is 0 Å². The first-order valence-corrected chi connectivity index (χ1v) is 6.34. The zero-order chi connectivity index (χ0) is 13.4. The number of aromatic amines is 2. The molecule has 19 heavy (non-hydrogen) atoms. The Morgan fingerprint density at radius 3 is 2.95 bits per heavy atom. The molecule has 3 rings (SSSR count). The molecule has 2 heterocycles. The maximum absolute atomic E-state index is 11.7. The lowest BCUT2D eigenvalue weighted by atomic mass is 10.1. The molecular weight excluding hydrogens is 244 g/mol. The normalized spacial score (nSPS) is 21.3. The molecule has 0 aromatic carbocycles. The van der Waals surface area contributed by atoms with Gasteiger partial charge in [-0.05, 0) is 29.9 Å². The fourth-order valence-corrected chi connectivity index (χ4v) is 2.42. The molecule has 1 saturated carbocycles. The molecule has 0 radical (unpaired) electrons. The molecule has 0 unspecified atom stereocenters. The predicted octanol–water partition coefficient (Wildman–Crippen LogP) is 1.03. The summed E-state index contributed by atoms with van der Waals surface area (Å²) in [5, 5.41) is 7.93. The topological polar surface area (TPSA) is 91.5 Å². The van der Waals surface area contributed by atoms with Crippen LogP contribution in [-0.4, -0.2) is 20.2 Å². The Hall–Kier alpha value is -2.24. The van der Waals surface area contributed by atoms with E-state index in [1.807, 2.05) is 6.07 Å². The van der Waals surface area contributed by atoms with Crippen LogP contribution in [0.2, 0.25) is 0 Å². The van der Waals surface area contributed by atoms with Crippen molar-refractivity contribution in [1.29, 1.82) is 0 Å². The van der Waals surface area contributed by atoms with Crippen molar-refractivity contribution in [3.05, 3.63) is 44.9 Å². The number of H-pyrrole nitrogens is 2. The Morgan fingerprint density at radius 1 is 1.42 bits per heavy atom. The van der Waals surface area contributed by atoms with Crippen LogP contribution in [0.25, 0.3) is 11.3 Å². The third kappa shape index (κ3) is 2.21. The zero-order valence-electron chi connectivity index (χ0n) is 10.5. The molecule has 1 aliphatic carbocycles. The van der Waals surface area contributed by atoms with Gasteiger partial charge in [-0.3, -0.25) is 9.78 Å². The third-order valence-corrected chi connectivity index (χ3v) is 3.65. The zero-order valence-corrected chi connectivity index (χ0v) is 10.5. The highest BCUT2D eigenvalue weighted by Crippen LogP contribution is 2.49. The first kappa shape index (κ1) is 11.8. The van der Waals surface area contributed by atoms with Gasteiger partial charge in [0.1, 0.15) is 5.69 Å². The smallest absolute Gasteiger partial charge is 0.313 e. The Morgan fingerprint density at radius 2 is 2.26 bits per heavy atom. The van der Waals surface area contributed by atoms with E-state index in [9.17, 15) is 9.59 Å². The van der Waals surface area contributed by atoms with Gasteiger partial charge in [-0.25, -0.2) is 4.79 Å². The fourth-order valence-electron chi connectivity index (χ4n) is 2.42. The summed E-state index contributed by atoms with van der Waals surface area (Å²) in [6.45, 7) is 2.17. The quantitative estimate of drug-likeness (QED) is 0.860. The van der Waals surface area contributed by atoms with Gasteiger partial charge in [0.05, 0.1) is 11.8 Å². The first-order valence-electron chi connectivity index (χ1n) is 6.34. The summed E-state index contributed by atoms with van der Waals surface area (Å²) in [6, 6.07) is 1.89. The minimum Gasteiger partial charge on any atom is -0.313 e. The maximum atomic E-state index is 11.7. The number of aromatic nitrogens is 4. The van der Waals surface area contributed by atoms with Crippen LogP contribution in [0.15, 0.2) is 28.0 Å². The fraction of sp³-hybridized carbons (Fsp3) is 0.385. The summed E-state index contributed by atoms with van der Waals surface area (Å²) in [6.07, 6.45) is 5.45. The second kappa shape index (κ2) is 4.46. The summed E-state index contributed by atoms with van der Waals surface area (Å²) in [7, 11) is 0. The van der Waals surface area contributed by atoms with Gasteiger partial charge >= 0.3 is 5.69 Å². The van der Waals surface area contributed by atoms with Gasteiger partial charge in [-0.15, -0.1) is 0 Å². The standard InChI is InChI=1S/C13H14N4O2/c1-2-7-3-9(7)8-4-11(17-15-5-8)10-6-14-13(19)16-12(10)18/h4-7,9H,2-3H2,1H3,(H2,14,16,18,19)/t7-,9-/m0/s1. The summed E-state index contributed by atoms with van der Waals surface area (Å²) in [5.41, 5.74) is 0.978. The van der Waals surface area contributed by atoms with Crippen LogP contribution in [0.1, 0.15) is 31.2 Å². The van der Waals surface area contributed by atoms with Crippen molar-refractivity contribution in [2.24, 2.45) is 5.92 Å². The summed E-state index contributed by atoms with van der Waals surface area (Å²) in [5.74, 6) is 1.24. The van der Waals surface area contributed by atoms with Crippen molar-refractivity contribution < 1.29 is 0 Å². The number of rotatable bonds is 3. The highest BCUT2D eigenvalue weighted by molar-refractivity contribution is 5.56. The minimum absolute atomic E-state index is 0.336. The molecule has 6 nitrogen and oxygen atoms in total. The molecule has 0 saturated heterocycles. The third-order valence-electron chi connectivity index (χ3n) is 3.65. The van der Waals surface area contributed by atoms with Gasteiger partial charge in [-0.1, -0.05) is 13.3 Å². The number of nitrogens with zero attached hydrogens (tertiary/aromatic N) is 2. The summed E-state index contributed by atoms with van der Waals surface area (Å²) >= 11 is 0. The van der Waals surface area contributed by atoms with Crippen molar-refractivity contribution in [2.75, 3.05) is 0 Å². The summed E-state index contributed by atoms with van der Waals surface area (Å²) in [4.78, 5) is 27.3. The van der Waals surface area contributed by atoms with Crippen molar-refractivity contribution in [2.45, 2.75) is 25.7 Å². The van der Waals surface area contributed by atoms with Gasteiger partial charge in [0.25, 0.3) is 5.56 Å². The van der Waals surface area contributed by atoms with Crippen LogP contribution in [0.4, 0.5) is 0 Å². The van der Waals surface area contributed by atoms with Crippen molar-refractivity contribution in [3.8, 4) is 11.3 Å². The van der Waals surface area contributed by atoms with Crippen molar-refractivity contribution >= 4 is 0 Å². The molecule has 1 fully saturated rings. The molecule has 2 atom stereocenters. The van der Waals surface area contributed by atoms with Crippen LogP contribution >= 0.6 is 0 Å². The lowest BCUT2D eigenvalue weighted by Crippen LogP contribution is -2.22. The average molecular weight is 258 g/mol. The molecule has 98 valence electrons. The van der Waals surface area contributed by atoms with E-state index in [-0.39, 0.29) is 0 Å². The van der Waals surface area contributed by atoms with E-state index in [0.29, 0.717) is 23.1 Å². The average Bonchev–Trinajstić information content (AvgIpc) is 3.18. The highest BCUT2D eigenvalue weighted by Gasteiger charge is 2.36. The van der Waals surface area contributed by atoms with Gasteiger partial charge in [-0.2, -0.15) is 10.2 Å². The van der Waals surface area contributed by atoms with Crippen LogP contribution in [0.5, 0.6) is 0 Å². The van der Waals surface area contributed by atoms with E-state index >= 15 is 0 Å².